The summed E-state index contributed by atoms with van der Waals surface area (Å²) in [5.41, 5.74) is 0.947. The van der Waals surface area contributed by atoms with Crippen LogP contribution in [0.25, 0.3) is 0 Å². The molecule has 1 aliphatic rings. The molecule has 8 nitrogen and oxygen atoms in total. The molecule has 2 aromatic heterocycles. The van der Waals surface area contributed by atoms with Crippen molar-refractivity contribution in [1.82, 2.24) is 25.0 Å². The first-order valence-corrected chi connectivity index (χ1v) is 7.64. The van der Waals surface area contributed by atoms with Crippen LogP contribution >= 0.6 is 0 Å². The third kappa shape index (κ3) is 2.98. The molecule has 1 atom stereocenters. The molecule has 0 amide bonds. The largest absolute Gasteiger partial charge is 0.481 e. The van der Waals surface area contributed by atoms with E-state index in [4.69, 9.17) is 9.26 Å². The van der Waals surface area contributed by atoms with Gasteiger partial charge in [-0.05, 0) is 27.8 Å². The highest BCUT2D eigenvalue weighted by molar-refractivity contribution is 5.51. The van der Waals surface area contributed by atoms with Crippen molar-refractivity contribution in [2.45, 2.75) is 26.8 Å². The summed E-state index contributed by atoms with van der Waals surface area (Å²) in [6.07, 6.45) is 0. The zero-order chi connectivity index (χ0) is 16.6. The highest BCUT2D eigenvalue weighted by Crippen LogP contribution is 2.30. The van der Waals surface area contributed by atoms with Gasteiger partial charge in [-0.25, -0.2) is 4.98 Å². The summed E-state index contributed by atoms with van der Waals surface area (Å²) in [5, 5.41) is 3.91. The van der Waals surface area contributed by atoms with E-state index in [2.05, 4.69) is 37.0 Å². The predicted octanol–water partition coefficient (Wildman–Crippen LogP) is 1.29. The van der Waals surface area contributed by atoms with E-state index in [1.54, 1.807) is 7.11 Å². The van der Waals surface area contributed by atoms with E-state index in [1.165, 1.54) is 0 Å². The molecule has 0 bridgehead atoms. The van der Waals surface area contributed by atoms with E-state index < -0.39 is 0 Å². The number of anilines is 1. The minimum absolute atomic E-state index is 0.0469. The van der Waals surface area contributed by atoms with Crippen LogP contribution in [-0.4, -0.2) is 58.8 Å². The summed E-state index contributed by atoms with van der Waals surface area (Å²) < 4.78 is 10.7. The Morgan fingerprint density at radius 2 is 1.87 bits per heavy atom. The summed E-state index contributed by atoms with van der Waals surface area (Å²) in [7, 11) is 3.70. The molecule has 3 rings (SSSR count). The molecule has 2 aromatic rings. The number of methoxy groups -OCH3 is 1. The van der Waals surface area contributed by atoms with E-state index in [-0.39, 0.29) is 6.04 Å². The number of hydrogen-bond donors (Lipinski definition) is 0. The number of likely N-dealkylation sites (N-methyl/N-ethyl adjacent to an activating group) is 1. The zero-order valence-electron chi connectivity index (χ0n) is 14.2. The van der Waals surface area contributed by atoms with Gasteiger partial charge >= 0.3 is 0 Å². The van der Waals surface area contributed by atoms with E-state index in [1.807, 2.05) is 20.8 Å². The summed E-state index contributed by atoms with van der Waals surface area (Å²) in [4.78, 5) is 17.8. The van der Waals surface area contributed by atoms with Gasteiger partial charge in [0.25, 0.3) is 0 Å². The molecule has 0 N–H and O–H groups in total. The topological polar surface area (TPSA) is 80.4 Å². The van der Waals surface area contributed by atoms with E-state index in [0.29, 0.717) is 23.4 Å². The Balaban J connectivity index is 1.91. The number of rotatable bonds is 3. The molecular weight excluding hydrogens is 296 g/mol. The molecule has 0 aromatic carbocycles. The van der Waals surface area contributed by atoms with E-state index in [9.17, 15) is 0 Å². The second-order valence-electron chi connectivity index (χ2n) is 5.85. The fourth-order valence-corrected chi connectivity index (χ4v) is 2.88. The lowest BCUT2D eigenvalue weighted by Crippen LogP contribution is -2.47. The van der Waals surface area contributed by atoms with Gasteiger partial charge in [0, 0.05) is 19.6 Å². The lowest BCUT2D eigenvalue weighted by Gasteiger charge is -2.38. The van der Waals surface area contributed by atoms with Crippen LogP contribution in [0.1, 0.15) is 29.1 Å². The van der Waals surface area contributed by atoms with Crippen LogP contribution in [0.4, 0.5) is 5.82 Å². The molecule has 0 saturated carbocycles. The predicted molar refractivity (Wildman–Crippen MR) is 84.7 cm³/mol. The summed E-state index contributed by atoms with van der Waals surface area (Å²) in [5.74, 6) is 3.53. The third-order valence-corrected chi connectivity index (χ3v) is 4.16. The minimum atomic E-state index is 0.0469. The molecule has 1 fully saturated rings. The van der Waals surface area contributed by atoms with Gasteiger partial charge in [-0.3, -0.25) is 4.90 Å². The van der Waals surface area contributed by atoms with Crippen molar-refractivity contribution in [3.63, 3.8) is 0 Å². The summed E-state index contributed by atoms with van der Waals surface area (Å²) in [6.45, 7) is 8.19. The monoisotopic (exact) mass is 318 g/mol. The molecule has 124 valence electrons. The first kappa shape index (κ1) is 15.7. The molecule has 0 unspecified atom stereocenters. The Morgan fingerprint density at radius 3 is 2.52 bits per heavy atom. The summed E-state index contributed by atoms with van der Waals surface area (Å²) >= 11 is 0. The average Bonchev–Trinajstić information content (AvgIpc) is 2.96. The van der Waals surface area contributed by atoms with Gasteiger partial charge in [-0.1, -0.05) is 5.16 Å². The molecule has 0 spiro atoms. The molecule has 1 aliphatic heterocycles. The fourth-order valence-electron chi connectivity index (χ4n) is 2.88. The minimum Gasteiger partial charge on any atom is -0.481 e. The van der Waals surface area contributed by atoms with Crippen molar-refractivity contribution in [1.29, 1.82) is 0 Å². The van der Waals surface area contributed by atoms with E-state index >= 15 is 0 Å². The third-order valence-electron chi connectivity index (χ3n) is 4.16. The smallest absolute Gasteiger partial charge is 0.245 e. The van der Waals surface area contributed by atoms with Gasteiger partial charge in [-0.15, -0.1) is 0 Å². The molecule has 3 heterocycles. The van der Waals surface area contributed by atoms with Crippen LogP contribution in [0.5, 0.6) is 5.88 Å². The Morgan fingerprint density at radius 1 is 1.09 bits per heavy atom. The lowest BCUT2D eigenvalue weighted by atomic mass is 10.1. The first-order chi connectivity index (χ1) is 11.0. The van der Waals surface area contributed by atoms with Crippen molar-refractivity contribution in [2.24, 2.45) is 0 Å². The number of piperazine rings is 1. The van der Waals surface area contributed by atoms with Gasteiger partial charge in [0.1, 0.15) is 17.7 Å². The van der Waals surface area contributed by atoms with Crippen molar-refractivity contribution in [2.75, 3.05) is 38.7 Å². The normalized spacial score (nSPS) is 19.2. The molecule has 8 heteroatoms. The molecule has 0 radical (unpaired) electrons. The molecule has 23 heavy (non-hydrogen) atoms. The Kier molecular flexibility index (Phi) is 4.16. The van der Waals surface area contributed by atoms with Gasteiger partial charge in [0.2, 0.25) is 11.8 Å². The van der Waals surface area contributed by atoms with Gasteiger partial charge in [-0.2, -0.15) is 9.97 Å². The maximum absolute atomic E-state index is 5.37. The van der Waals surface area contributed by atoms with Gasteiger partial charge in [0.15, 0.2) is 5.82 Å². The van der Waals surface area contributed by atoms with Crippen LogP contribution in [0.3, 0.4) is 0 Å². The number of nitrogens with zero attached hydrogens (tertiary/aromatic N) is 6. The Labute approximate surface area is 135 Å². The first-order valence-electron chi connectivity index (χ1n) is 7.64. The number of hydrogen-bond acceptors (Lipinski definition) is 8. The molecular formula is C15H22N6O2. The quantitative estimate of drug-likeness (QED) is 0.837. The van der Waals surface area contributed by atoms with Crippen LogP contribution in [-0.2, 0) is 0 Å². The maximum atomic E-state index is 5.37. The van der Waals surface area contributed by atoms with Crippen LogP contribution < -0.4 is 9.64 Å². The fraction of sp³-hybridized carbons (Fsp3) is 0.600. The van der Waals surface area contributed by atoms with Crippen molar-refractivity contribution in [3.8, 4) is 5.88 Å². The average molecular weight is 318 g/mol. The number of aryl methyl sites for hydroxylation is 2. The second-order valence-corrected chi connectivity index (χ2v) is 5.85. The zero-order valence-corrected chi connectivity index (χ0v) is 14.2. The lowest BCUT2D eigenvalue weighted by molar-refractivity contribution is 0.177. The second kappa shape index (κ2) is 6.11. The van der Waals surface area contributed by atoms with Gasteiger partial charge in [0.05, 0.1) is 12.7 Å². The Bertz CT molecular complexity index is 701. The van der Waals surface area contributed by atoms with Crippen molar-refractivity contribution in [3.05, 3.63) is 23.1 Å². The highest BCUT2D eigenvalue weighted by atomic mass is 16.5. The standard InChI is InChI=1S/C15H22N6O2/c1-9-13(16-10(2)17-14(9)22-5)21-7-6-20(4)12(8-21)15-18-11(3)19-23-15/h12H,6-8H2,1-5H3/t12-/m1/s1. The van der Waals surface area contributed by atoms with E-state index in [0.717, 1.165) is 31.0 Å². The van der Waals surface area contributed by atoms with Crippen molar-refractivity contribution < 1.29 is 9.26 Å². The van der Waals surface area contributed by atoms with Gasteiger partial charge < -0.3 is 14.2 Å². The number of ether oxygens (including phenoxy) is 1. The van der Waals surface area contributed by atoms with Crippen LogP contribution in [0, 0.1) is 20.8 Å². The van der Waals surface area contributed by atoms with Crippen LogP contribution in [0.15, 0.2) is 4.52 Å². The Hall–Kier alpha value is -2.22. The maximum Gasteiger partial charge on any atom is 0.245 e. The molecule has 1 saturated heterocycles. The highest BCUT2D eigenvalue weighted by Gasteiger charge is 2.31. The van der Waals surface area contributed by atoms with Crippen LogP contribution in [0.2, 0.25) is 0 Å². The molecule has 0 aliphatic carbocycles. The van der Waals surface area contributed by atoms with Crippen molar-refractivity contribution >= 4 is 5.82 Å². The summed E-state index contributed by atoms with van der Waals surface area (Å²) in [6, 6.07) is 0.0469. The number of aromatic nitrogens is 4. The SMILES string of the molecule is COc1nc(C)nc(N2CCN(C)[C@@H](c3nc(C)no3)C2)c1C.